The lowest BCUT2D eigenvalue weighted by atomic mass is 10.0. The lowest BCUT2D eigenvalue weighted by molar-refractivity contribution is 0.0137. The highest BCUT2D eigenvalue weighted by Gasteiger charge is 2.27. The van der Waals surface area contributed by atoms with Gasteiger partial charge in [-0.1, -0.05) is 27.3 Å². The van der Waals surface area contributed by atoms with Gasteiger partial charge in [-0.2, -0.15) is 0 Å². The Morgan fingerprint density at radius 3 is 2.95 bits per heavy atom. The van der Waals surface area contributed by atoms with Crippen molar-refractivity contribution in [2.24, 2.45) is 0 Å². The van der Waals surface area contributed by atoms with E-state index in [0.717, 1.165) is 49.4 Å². The molecule has 4 nitrogen and oxygen atoms in total. The molecule has 6 heteroatoms. The first-order valence-electron chi connectivity index (χ1n) is 7.92. The van der Waals surface area contributed by atoms with Crippen LogP contribution >= 0.6 is 27.3 Å². The van der Waals surface area contributed by atoms with E-state index in [4.69, 9.17) is 9.72 Å². The van der Waals surface area contributed by atoms with Crippen LogP contribution in [0.2, 0.25) is 0 Å². The Labute approximate surface area is 143 Å². The molecule has 2 aliphatic heterocycles. The molecule has 2 saturated heterocycles. The number of ether oxygens (including phenoxy) is 1. The maximum absolute atomic E-state index is 5.48. The fourth-order valence-corrected chi connectivity index (χ4v) is 4.94. The standard InChI is InChI=1S/C16H20BrN3OS/c17-12-3-4-14-15(10-12)22-16(18-14)20-5-1-2-13(11-20)19-6-8-21-9-7-19/h3-4,10,13H,1-2,5-9,11H2. The number of nitrogens with zero attached hydrogens (tertiary/aromatic N) is 3. The summed E-state index contributed by atoms with van der Waals surface area (Å²) in [7, 11) is 0. The number of thiazole rings is 1. The molecule has 4 rings (SSSR count). The smallest absolute Gasteiger partial charge is 0.186 e. The van der Waals surface area contributed by atoms with Crippen LogP contribution in [0.3, 0.4) is 0 Å². The van der Waals surface area contributed by atoms with Crippen LogP contribution in [0.1, 0.15) is 12.8 Å². The number of benzene rings is 1. The van der Waals surface area contributed by atoms with Gasteiger partial charge in [-0.05, 0) is 31.0 Å². The van der Waals surface area contributed by atoms with Crippen molar-refractivity contribution >= 4 is 42.6 Å². The van der Waals surface area contributed by atoms with E-state index >= 15 is 0 Å². The van der Waals surface area contributed by atoms with Gasteiger partial charge in [-0.15, -0.1) is 0 Å². The maximum Gasteiger partial charge on any atom is 0.186 e. The molecule has 2 fully saturated rings. The summed E-state index contributed by atoms with van der Waals surface area (Å²) in [6.45, 7) is 6.14. The molecule has 1 aromatic carbocycles. The lowest BCUT2D eigenvalue weighted by Crippen LogP contribution is -2.51. The average molecular weight is 382 g/mol. The predicted molar refractivity (Wildman–Crippen MR) is 94.9 cm³/mol. The minimum atomic E-state index is 0.649. The summed E-state index contributed by atoms with van der Waals surface area (Å²) < 4.78 is 7.87. The van der Waals surface area contributed by atoms with Gasteiger partial charge in [0.2, 0.25) is 0 Å². The van der Waals surface area contributed by atoms with Crippen LogP contribution in [0.4, 0.5) is 5.13 Å². The van der Waals surface area contributed by atoms with Gasteiger partial charge in [0.05, 0.1) is 23.4 Å². The maximum atomic E-state index is 5.48. The first-order chi connectivity index (χ1) is 10.8. The summed E-state index contributed by atoms with van der Waals surface area (Å²) in [6, 6.07) is 6.98. The summed E-state index contributed by atoms with van der Waals surface area (Å²) >= 11 is 5.35. The molecule has 1 aromatic heterocycles. The van der Waals surface area contributed by atoms with Crippen LogP contribution in [0.25, 0.3) is 10.2 Å². The van der Waals surface area contributed by atoms with E-state index < -0.39 is 0 Å². The highest BCUT2D eigenvalue weighted by atomic mass is 79.9. The van der Waals surface area contributed by atoms with Gasteiger partial charge in [-0.3, -0.25) is 4.90 Å². The number of morpholine rings is 1. The Bertz CT molecular complexity index is 656. The van der Waals surface area contributed by atoms with E-state index in [1.807, 2.05) is 11.3 Å². The van der Waals surface area contributed by atoms with E-state index in [0.29, 0.717) is 6.04 Å². The molecule has 2 aromatic rings. The molecule has 22 heavy (non-hydrogen) atoms. The Kier molecular flexibility index (Phi) is 4.35. The van der Waals surface area contributed by atoms with Crippen LogP contribution in [0.15, 0.2) is 22.7 Å². The van der Waals surface area contributed by atoms with Gasteiger partial charge in [0.15, 0.2) is 5.13 Å². The molecular weight excluding hydrogens is 362 g/mol. The average Bonchev–Trinajstić information content (AvgIpc) is 2.99. The van der Waals surface area contributed by atoms with Crippen LogP contribution in [0.5, 0.6) is 0 Å². The second kappa shape index (κ2) is 6.43. The summed E-state index contributed by atoms with van der Waals surface area (Å²) in [5.74, 6) is 0. The zero-order chi connectivity index (χ0) is 14.9. The predicted octanol–water partition coefficient (Wildman–Crippen LogP) is 3.36. The SMILES string of the molecule is Brc1ccc2nc(N3CCCC(N4CCOCC4)C3)sc2c1. The van der Waals surface area contributed by atoms with E-state index in [1.54, 1.807) is 0 Å². The van der Waals surface area contributed by atoms with E-state index in [9.17, 15) is 0 Å². The first-order valence-corrected chi connectivity index (χ1v) is 9.53. The largest absolute Gasteiger partial charge is 0.379 e. The number of anilines is 1. The fraction of sp³-hybridized carbons (Fsp3) is 0.562. The third-order valence-electron chi connectivity index (χ3n) is 4.57. The first kappa shape index (κ1) is 14.9. The fourth-order valence-electron chi connectivity index (χ4n) is 3.39. The molecule has 2 aliphatic rings. The van der Waals surface area contributed by atoms with Crippen LogP contribution in [-0.4, -0.2) is 55.3 Å². The minimum Gasteiger partial charge on any atom is -0.379 e. The van der Waals surface area contributed by atoms with Gasteiger partial charge < -0.3 is 9.64 Å². The van der Waals surface area contributed by atoms with Crippen LogP contribution in [0, 0.1) is 0 Å². The van der Waals surface area contributed by atoms with Crippen molar-refractivity contribution in [3.8, 4) is 0 Å². The minimum absolute atomic E-state index is 0.649. The Morgan fingerprint density at radius 2 is 2.09 bits per heavy atom. The number of halogens is 1. The van der Waals surface area contributed by atoms with Crippen molar-refractivity contribution in [3.05, 3.63) is 22.7 Å². The molecule has 0 amide bonds. The lowest BCUT2D eigenvalue weighted by Gasteiger charge is -2.40. The summed E-state index contributed by atoms with van der Waals surface area (Å²) in [5.41, 5.74) is 1.11. The van der Waals surface area contributed by atoms with Crippen LogP contribution < -0.4 is 4.90 Å². The Balaban J connectivity index is 1.52. The van der Waals surface area contributed by atoms with Crippen molar-refractivity contribution in [1.29, 1.82) is 0 Å². The number of aromatic nitrogens is 1. The van der Waals surface area contributed by atoms with Crippen molar-refractivity contribution in [1.82, 2.24) is 9.88 Å². The van der Waals surface area contributed by atoms with E-state index in [1.165, 1.54) is 22.7 Å². The summed E-state index contributed by atoms with van der Waals surface area (Å²) in [6.07, 6.45) is 2.55. The van der Waals surface area contributed by atoms with Crippen LogP contribution in [-0.2, 0) is 4.74 Å². The molecule has 1 atom stereocenters. The van der Waals surface area contributed by atoms with E-state index in [2.05, 4.69) is 43.9 Å². The molecule has 0 radical (unpaired) electrons. The molecule has 1 unspecified atom stereocenters. The topological polar surface area (TPSA) is 28.6 Å². The zero-order valence-corrected chi connectivity index (χ0v) is 14.9. The van der Waals surface area contributed by atoms with Crippen molar-refractivity contribution in [3.63, 3.8) is 0 Å². The number of fused-ring (bicyclic) bond motifs is 1. The molecule has 0 N–H and O–H groups in total. The van der Waals surface area contributed by atoms with Gasteiger partial charge in [-0.25, -0.2) is 4.98 Å². The van der Waals surface area contributed by atoms with Crippen molar-refractivity contribution < 1.29 is 4.74 Å². The Hall–Kier alpha value is -0.690. The monoisotopic (exact) mass is 381 g/mol. The number of hydrogen-bond acceptors (Lipinski definition) is 5. The molecule has 3 heterocycles. The summed E-state index contributed by atoms with van der Waals surface area (Å²) in [5, 5.41) is 1.17. The third-order valence-corrected chi connectivity index (χ3v) is 6.14. The quantitative estimate of drug-likeness (QED) is 0.797. The molecule has 0 spiro atoms. The van der Waals surface area contributed by atoms with E-state index in [-0.39, 0.29) is 0 Å². The van der Waals surface area contributed by atoms with Gasteiger partial charge >= 0.3 is 0 Å². The summed E-state index contributed by atoms with van der Waals surface area (Å²) in [4.78, 5) is 9.91. The molecule has 0 bridgehead atoms. The van der Waals surface area contributed by atoms with Crippen molar-refractivity contribution in [2.45, 2.75) is 18.9 Å². The molecule has 0 aliphatic carbocycles. The molecule has 0 saturated carbocycles. The second-order valence-electron chi connectivity index (χ2n) is 6.00. The molecule has 118 valence electrons. The zero-order valence-electron chi connectivity index (χ0n) is 12.5. The second-order valence-corrected chi connectivity index (χ2v) is 7.92. The number of hydrogen-bond donors (Lipinski definition) is 0. The van der Waals surface area contributed by atoms with Gasteiger partial charge in [0.1, 0.15) is 0 Å². The van der Waals surface area contributed by atoms with Crippen molar-refractivity contribution in [2.75, 3.05) is 44.3 Å². The van der Waals surface area contributed by atoms with Gasteiger partial charge in [0.25, 0.3) is 0 Å². The molecular formula is C16H20BrN3OS. The van der Waals surface area contributed by atoms with Gasteiger partial charge in [0, 0.05) is 36.7 Å². The highest BCUT2D eigenvalue weighted by Crippen LogP contribution is 2.32. The Morgan fingerprint density at radius 1 is 1.23 bits per heavy atom. The normalized spacial score (nSPS) is 24.0. The third kappa shape index (κ3) is 3.02. The number of piperidine rings is 1. The number of rotatable bonds is 2. The highest BCUT2D eigenvalue weighted by molar-refractivity contribution is 9.10.